The molecule has 11 heteroatoms. The van der Waals surface area contributed by atoms with E-state index in [0.717, 1.165) is 0 Å². The van der Waals surface area contributed by atoms with Gasteiger partial charge in [0.25, 0.3) is 0 Å². The first-order chi connectivity index (χ1) is 18.2. The third-order valence-electron chi connectivity index (χ3n) is 5.14. The van der Waals surface area contributed by atoms with Gasteiger partial charge in [-0.1, -0.05) is 35.1 Å². The molecule has 0 aliphatic rings. The molecule has 1 aromatic heterocycles. The second-order valence-corrected chi connectivity index (χ2v) is 9.32. The maximum absolute atomic E-state index is 12.6. The number of carbonyl (C=O) groups excluding carboxylic acids is 2. The van der Waals surface area contributed by atoms with Crippen molar-refractivity contribution >= 4 is 20.1 Å². The molecule has 0 fully saturated rings. The summed E-state index contributed by atoms with van der Waals surface area (Å²) in [6.07, 6.45) is 1.19. The summed E-state index contributed by atoms with van der Waals surface area (Å²) in [7, 11) is -2.60. The van der Waals surface area contributed by atoms with Gasteiger partial charge in [0.2, 0.25) is 5.75 Å². The van der Waals surface area contributed by atoms with E-state index in [0.29, 0.717) is 22.4 Å². The molecule has 0 amide bonds. The maximum Gasteiger partial charge on any atom is 0.395 e. The molecule has 0 saturated carbocycles. The number of esters is 2. The Kier molecular flexibility index (Phi) is 10.3. The quantitative estimate of drug-likeness (QED) is 0.279. The van der Waals surface area contributed by atoms with Crippen molar-refractivity contribution in [2.75, 3.05) is 0 Å². The summed E-state index contributed by atoms with van der Waals surface area (Å²) in [6, 6.07) is 14.0. The van der Waals surface area contributed by atoms with Crippen molar-refractivity contribution in [3.05, 3.63) is 83.2 Å². The van der Waals surface area contributed by atoms with Gasteiger partial charge >= 0.3 is 20.1 Å². The largest absolute Gasteiger partial charge is 0.575 e. The predicted molar refractivity (Wildman–Crippen MR) is 138 cm³/mol. The number of benzene rings is 2. The van der Waals surface area contributed by atoms with Crippen molar-refractivity contribution in [1.82, 2.24) is 4.98 Å². The minimum Gasteiger partial charge on any atom is -0.575 e. The summed E-state index contributed by atoms with van der Waals surface area (Å²) < 4.78 is 25.8. The van der Waals surface area contributed by atoms with Crippen LogP contribution in [0.1, 0.15) is 48.0 Å². The van der Waals surface area contributed by atoms with Crippen LogP contribution in [0.25, 0.3) is 0 Å². The lowest BCUT2D eigenvalue weighted by Crippen LogP contribution is -2.21. The molecule has 1 N–H and O–H groups in total. The normalized spacial score (nSPS) is 12.1. The van der Waals surface area contributed by atoms with Crippen LogP contribution in [0.4, 0.5) is 0 Å². The minimum absolute atomic E-state index is 0.0650. The summed E-state index contributed by atoms with van der Waals surface area (Å²) >= 11 is 0. The molecule has 200 valence electrons. The van der Waals surface area contributed by atoms with Crippen LogP contribution in [0.3, 0.4) is 0 Å². The lowest BCUT2D eigenvalue weighted by Gasteiger charge is -2.16. The standard InChI is InChI=1S/C27H29N2O8P/c1-17(2)35-26(31)19(4)29-38(33)37-24-13-9-8-12-23(24)34-16-21-14-28-18(3)25(22(21)15-30)36-27(32)20-10-6-5-7-11-20/h5-14,17,19,30H,15-16H2,1-4H3/t19-/m0/s1. The van der Waals surface area contributed by atoms with Gasteiger partial charge in [-0.05, 0) is 52.0 Å². The van der Waals surface area contributed by atoms with E-state index in [9.17, 15) is 19.6 Å². The van der Waals surface area contributed by atoms with Crippen LogP contribution in [0.2, 0.25) is 0 Å². The van der Waals surface area contributed by atoms with Gasteiger partial charge in [-0.15, -0.1) is 0 Å². The summed E-state index contributed by atoms with van der Waals surface area (Å²) in [5.74, 6) is -0.653. The molecule has 0 saturated heterocycles. The third kappa shape index (κ3) is 7.82. The molecule has 3 rings (SSSR count). The fourth-order valence-electron chi connectivity index (χ4n) is 3.26. The highest BCUT2D eigenvalue weighted by Gasteiger charge is 2.22. The molecule has 0 aliphatic carbocycles. The molecule has 3 aromatic rings. The van der Waals surface area contributed by atoms with Gasteiger partial charge < -0.3 is 24.2 Å². The molecule has 2 atom stereocenters. The SMILES string of the molecule is Cc1ncc(COc2ccccc2O[P+]([O-])=N[C@@H](C)C(=O)OC(C)C)c(CO)c1OC(=O)c1ccccc1. The Morgan fingerprint density at radius 3 is 2.37 bits per heavy atom. The van der Waals surface area contributed by atoms with Gasteiger partial charge in [0.15, 0.2) is 17.5 Å². The second-order valence-electron chi connectivity index (χ2n) is 8.43. The van der Waals surface area contributed by atoms with E-state index in [4.69, 9.17) is 18.7 Å². The predicted octanol–water partition coefficient (Wildman–Crippen LogP) is 4.26. The maximum atomic E-state index is 12.6. The number of aliphatic hydroxyl groups excluding tert-OH is 1. The highest BCUT2D eigenvalue weighted by Crippen LogP contribution is 2.34. The first-order valence-corrected chi connectivity index (χ1v) is 13.0. The van der Waals surface area contributed by atoms with Gasteiger partial charge in [0.05, 0.1) is 24.0 Å². The van der Waals surface area contributed by atoms with Crippen molar-refractivity contribution in [3.63, 3.8) is 0 Å². The molecule has 1 heterocycles. The van der Waals surface area contributed by atoms with Crippen LogP contribution in [-0.4, -0.2) is 34.2 Å². The van der Waals surface area contributed by atoms with E-state index >= 15 is 0 Å². The van der Waals surface area contributed by atoms with E-state index in [-0.39, 0.29) is 30.0 Å². The lowest BCUT2D eigenvalue weighted by molar-refractivity contribution is -0.170. The zero-order valence-corrected chi connectivity index (χ0v) is 22.4. The second kappa shape index (κ2) is 13.6. The van der Waals surface area contributed by atoms with Gasteiger partial charge in [-0.3, -0.25) is 9.51 Å². The third-order valence-corrected chi connectivity index (χ3v) is 6.02. The number of aromatic nitrogens is 1. The average Bonchev–Trinajstić information content (AvgIpc) is 2.89. The van der Waals surface area contributed by atoms with E-state index in [2.05, 4.69) is 9.73 Å². The number of aliphatic hydroxyl groups is 1. The van der Waals surface area contributed by atoms with Crippen molar-refractivity contribution in [2.24, 2.45) is 4.74 Å². The summed E-state index contributed by atoms with van der Waals surface area (Å²) in [4.78, 5) is 41.3. The fraction of sp³-hybridized carbons (Fsp3) is 0.296. The topological polar surface area (TPSA) is 140 Å². The lowest BCUT2D eigenvalue weighted by atomic mass is 10.1. The molecule has 2 aromatic carbocycles. The fourth-order valence-corrected chi connectivity index (χ4v) is 4.01. The van der Waals surface area contributed by atoms with Crippen molar-refractivity contribution in [3.8, 4) is 17.2 Å². The Morgan fingerprint density at radius 1 is 1.05 bits per heavy atom. The van der Waals surface area contributed by atoms with Crippen LogP contribution in [0.15, 0.2) is 65.5 Å². The van der Waals surface area contributed by atoms with Gasteiger partial charge in [0.1, 0.15) is 6.61 Å². The summed E-state index contributed by atoms with van der Waals surface area (Å²) in [5.41, 5.74) is 1.60. The zero-order valence-electron chi connectivity index (χ0n) is 21.5. The van der Waals surface area contributed by atoms with Crippen LogP contribution in [-0.2, 0) is 22.7 Å². The molecule has 0 aliphatic heterocycles. The summed E-state index contributed by atoms with van der Waals surface area (Å²) in [5, 5.41) is 10.1. The molecule has 0 bridgehead atoms. The Labute approximate surface area is 221 Å². The number of hydrogen-bond donors (Lipinski definition) is 1. The number of rotatable bonds is 11. The van der Waals surface area contributed by atoms with Crippen molar-refractivity contribution in [2.45, 2.75) is 53.1 Å². The number of para-hydroxylation sites is 2. The first kappa shape index (κ1) is 28.7. The number of aryl methyl sites for hydroxylation is 1. The molecular formula is C27H29N2O8P. The molecule has 10 nitrogen and oxygen atoms in total. The van der Waals surface area contributed by atoms with Crippen LogP contribution >= 0.6 is 8.17 Å². The van der Waals surface area contributed by atoms with Gasteiger partial charge in [0, 0.05) is 17.3 Å². The first-order valence-electron chi connectivity index (χ1n) is 11.8. The Bertz CT molecular complexity index is 1300. The van der Waals surface area contributed by atoms with Crippen molar-refractivity contribution in [1.29, 1.82) is 0 Å². The average molecular weight is 541 g/mol. The molecule has 0 radical (unpaired) electrons. The van der Waals surface area contributed by atoms with E-state index in [1.54, 1.807) is 75.4 Å². The van der Waals surface area contributed by atoms with E-state index < -0.39 is 32.8 Å². The number of pyridine rings is 1. The molecular weight excluding hydrogens is 511 g/mol. The summed E-state index contributed by atoms with van der Waals surface area (Å²) in [6.45, 7) is 6.05. The Hall–Kier alpha value is -3.85. The Morgan fingerprint density at radius 2 is 1.71 bits per heavy atom. The molecule has 1 unspecified atom stereocenters. The van der Waals surface area contributed by atoms with E-state index in [1.807, 2.05) is 0 Å². The van der Waals surface area contributed by atoms with Gasteiger partial charge in [-0.25, -0.2) is 9.59 Å². The molecule has 0 spiro atoms. The number of carbonyl (C=O) groups is 2. The highest BCUT2D eigenvalue weighted by atomic mass is 31.1. The van der Waals surface area contributed by atoms with Crippen LogP contribution < -0.4 is 18.9 Å². The highest BCUT2D eigenvalue weighted by molar-refractivity contribution is 7.34. The van der Waals surface area contributed by atoms with Crippen LogP contribution in [0, 0.1) is 6.92 Å². The minimum atomic E-state index is -2.60. The molecule has 38 heavy (non-hydrogen) atoms. The van der Waals surface area contributed by atoms with Gasteiger partial charge in [-0.2, -0.15) is 0 Å². The number of hydrogen-bond acceptors (Lipinski definition) is 10. The van der Waals surface area contributed by atoms with Crippen molar-refractivity contribution < 1.29 is 38.3 Å². The van der Waals surface area contributed by atoms with E-state index in [1.165, 1.54) is 13.1 Å². The zero-order chi connectivity index (χ0) is 27.7. The smallest absolute Gasteiger partial charge is 0.395 e. The Balaban J connectivity index is 1.76. The van der Waals surface area contributed by atoms with Crippen LogP contribution in [0.5, 0.6) is 17.2 Å². The number of nitrogens with zero attached hydrogens (tertiary/aromatic N) is 2. The monoisotopic (exact) mass is 540 g/mol. The number of ether oxygens (including phenoxy) is 3.